The normalized spacial score (nSPS) is 18.1. The highest BCUT2D eigenvalue weighted by Crippen LogP contribution is 2.20. The highest BCUT2D eigenvalue weighted by atomic mass is 16.2. The smallest absolute Gasteiger partial charge is 0.245 e. The molecular weight excluding hydrogens is 276 g/mol. The number of para-hydroxylation sites is 2. The molecule has 0 radical (unpaired) electrons. The van der Waals surface area contributed by atoms with Crippen LogP contribution >= 0.6 is 0 Å². The maximum Gasteiger partial charge on any atom is 0.245 e. The molecule has 3 rings (SSSR count). The lowest BCUT2D eigenvalue weighted by Gasteiger charge is -2.38. The summed E-state index contributed by atoms with van der Waals surface area (Å²) >= 11 is 0. The summed E-state index contributed by atoms with van der Waals surface area (Å²) in [5.74, 6) is 0.187. The summed E-state index contributed by atoms with van der Waals surface area (Å²) < 4.78 is 1.98. The highest BCUT2D eigenvalue weighted by Gasteiger charge is 2.27. The summed E-state index contributed by atoms with van der Waals surface area (Å²) in [5.41, 5.74) is 1.95. The Balaban J connectivity index is 1.73. The van der Waals surface area contributed by atoms with E-state index in [1.807, 2.05) is 40.7 Å². The van der Waals surface area contributed by atoms with E-state index in [4.69, 9.17) is 0 Å². The van der Waals surface area contributed by atoms with Gasteiger partial charge < -0.3 is 9.47 Å². The summed E-state index contributed by atoms with van der Waals surface area (Å²) in [4.78, 5) is 21.6. The zero-order valence-corrected chi connectivity index (χ0v) is 13.6. The number of piperazine rings is 1. The van der Waals surface area contributed by atoms with Crippen molar-refractivity contribution in [2.75, 3.05) is 26.2 Å². The van der Waals surface area contributed by atoms with Crippen LogP contribution in [0.1, 0.15) is 26.8 Å². The molecule has 0 aliphatic carbocycles. The molecule has 1 aromatic carbocycles. The van der Waals surface area contributed by atoms with Crippen LogP contribution in [0.2, 0.25) is 0 Å². The lowest BCUT2D eigenvalue weighted by molar-refractivity contribution is -0.136. The van der Waals surface area contributed by atoms with E-state index >= 15 is 0 Å². The van der Waals surface area contributed by atoms with Crippen molar-refractivity contribution in [1.82, 2.24) is 19.4 Å². The van der Waals surface area contributed by atoms with Gasteiger partial charge in [-0.05, 0) is 32.9 Å². The third kappa shape index (κ3) is 2.73. The quantitative estimate of drug-likeness (QED) is 0.872. The monoisotopic (exact) mass is 300 g/mol. The molecule has 0 spiro atoms. The molecular formula is C17H24N4O. The van der Waals surface area contributed by atoms with Gasteiger partial charge in [0.05, 0.1) is 17.4 Å². The van der Waals surface area contributed by atoms with E-state index in [9.17, 15) is 4.79 Å². The van der Waals surface area contributed by atoms with Gasteiger partial charge in [0.1, 0.15) is 6.04 Å². The van der Waals surface area contributed by atoms with Crippen LogP contribution in [0, 0.1) is 0 Å². The zero-order chi connectivity index (χ0) is 15.7. The van der Waals surface area contributed by atoms with Gasteiger partial charge >= 0.3 is 0 Å². The fraction of sp³-hybridized carbons (Fsp3) is 0.529. The summed E-state index contributed by atoms with van der Waals surface area (Å²) in [6.45, 7) is 9.92. The van der Waals surface area contributed by atoms with Crippen molar-refractivity contribution in [3.05, 3.63) is 30.6 Å². The van der Waals surface area contributed by atoms with Gasteiger partial charge in [0.2, 0.25) is 5.91 Å². The molecule has 0 saturated carbocycles. The van der Waals surface area contributed by atoms with Crippen LogP contribution in [0.3, 0.4) is 0 Å². The molecule has 2 aromatic rings. The molecule has 5 heteroatoms. The lowest BCUT2D eigenvalue weighted by atomic mass is 10.2. The Bertz CT molecular complexity index is 655. The molecule has 22 heavy (non-hydrogen) atoms. The molecule has 118 valence electrons. The summed E-state index contributed by atoms with van der Waals surface area (Å²) in [6, 6.07) is 8.29. The van der Waals surface area contributed by atoms with Gasteiger partial charge in [-0.1, -0.05) is 12.1 Å². The van der Waals surface area contributed by atoms with Crippen LogP contribution < -0.4 is 0 Å². The predicted octanol–water partition coefficient (Wildman–Crippen LogP) is 2.15. The van der Waals surface area contributed by atoms with Crippen molar-refractivity contribution in [3.8, 4) is 0 Å². The third-order valence-corrected chi connectivity index (χ3v) is 4.61. The average molecular weight is 300 g/mol. The number of benzene rings is 1. The number of carbonyl (C=O) groups excluding carboxylic acids is 1. The molecule has 0 bridgehead atoms. The molecule has 1 fully saturated rings. The minimum atomic E-state index is -0.210. The van der Waals surface area contributed by atoms with Crippen molar-refractivity contribution in [2.24, 2.45) is 0 Å². The predicted molar refractivity (Wildman–Crippen MR) is 87.7 cm³/mol. The second-order valence-electron chi connectivity index (χ2n) is 6.27. The minimum Gasteiger partial charge on any atom is -0.338 e. The van der Waals surface area contributed by atoms with Gasteiger partial charge in [-0.15, -0.1) is 0 Å². The van der Waals surface area contributed by atoms with Crippen LogP contribution in [0.25, 0.3) is 11.0 Å². The highest BCUT2D eigenvalue weighted by molar-refractivity contribution is 5.83. The molecule has 0 N–H and O–H groups in total. The van der Waals surface area contributed by atoms with Crippen LogP contribution in [0.4, 0.5) is 0 Å². The van der Waals surface area contributed by atoms with Crippen LogP contribution in [0.5, 0.6) is 0 Å². The molecule has 5 nitrogen and oxygen atoms in total. The zero-order valence-electron chi connectivity index (χ0n) is 13.6. The summed E-state index contributed by atoms with van der Waals surface area (Å²) in [7, 11) is 0. The number of rotatable bonds is 3. The SMILES string of the molecule is CC(C)N1CCN(C(=O)C(C)n2cnc3ccccc32)CC1. The number of imidazole rings is 1. The van der Waals surface area contributed by atoms with Gasteiger partial charge in [0.15, 0.2) is 0 Å². The Morgan fingerprint density at radius 2 is 1.77 bits per heavy atom. The minimum absolute atomic E-state index is 0.187. The summed E-state index contributed by atoms with van der Waals surface area (Å²) in [5, 5.41) is 0. The van der Waals surface area contributed by atoms with Crippen molar-refractivity contribution in [3.63, 3.8) is 0 Å². The number of aromatic nitrogens is 2. The van der Waals surface area contributed by atoms with Crippen molar-refractivity contribution in [1.29, 1.82) is 0 Å². The second-order valence-corrected chi connectivity index (χ2v) is 6.27. The van der Waals surface area contributed by atoms with Crippen LogP contribution in [-0.2, 0) is 4.79 Å². The van der Waals surface area contributed by atoms with Crippen molar-refractivity contribution >= 4 is 16.9 Å². The van der Waals surface area contributed by atoms with E-state index in [2.05, 4.69) is 23.7 Å². The molecule has 1 amide bonds. The Kier molecular flexibility index (Phi) is 4.16. The topological polar surface area (TPSA) is 41.4 Å². The standard InChI is InChI=1S/C17H24N4O/c1-13(2)19-8-10-20(11-9-19)17(22)14(3)21-12-18-15-6-4-5-7-16(15)21/h4-7,12-14H,8-11H2,1-3H3. The average Bonchev–Trinajstić information content (AvgIpc) is 2.97. The van der Waals surface area contributed by atoms with Gasteiger partial charge in [-0.25, -0.2) is 4.98 Å². The van der Waals surface area contributed by atoms with Crippen molar-refractivity contribution < 1.29 is 4.79 Å². The summed E-state index contributed by atoms with van der Waals surface area (Å²) in [6.07, 6.45) is 1.78. The Hall–Kier alpha value is -1.88. The van der Waals surface area contributed by atoms with Gasteiger partial charge in [0, 0.05) is 32.2 Å². The number of hydrogen-bond donors (Lipinski definition) is 0. The molecule has 1 unspecified atom stereocenters. The van der Waals surface area contributed by atoms with E-state index in [0.29, 0.717) is 6.04 Å². The van der Waals surface area contributed by atoms with E-state index in [1.165, 1.54) is 0 Å². The van der Waals surface area contributed by atoms with E-state index in [0.717, 1.165) is 37.2 Å². The first kappa shape index (κ1) is 15.0. The van der Waals surface area contributed by atoms with E-state index in [1.54, 1.807) is 6.33 Å². The van der Waals surface area contributed by atoms with Crippen molar-refractivity contribution in [2.45, 2.75) is 32.9 Å². The second kappa shape index (κ2) is 6.08. The molecule has 1 aromatic heterocycles. The molecule has 1 aliphatic rings. The molecule has 1 aliphatic heterocycles. The fourth-order valence-electron chi connectivity index (χ4n) is 3.13. The van der Waals surface area contributed by atoms with Crippen LogP contribution in [0.15, 0.2) is 30.6 Å². The number of hydrogen-bond acceptors (Lipinski definition) is 3. The maximum absolute atomic E-state index is 12.8. The Morgan fingerprint density at radius 1 is 1.09 bits per heavy atom. The van der Waals surface area contributed by atoms with Crippen LogP contribution in [-0.4, -0.2) is 57.5 Å². The van der Waals surface area contributed by atoms with E-state index in [-0.39, 0.29) is 11.9 Å². The fourth-order valence-corrected chi connectivity index (χ4v) is 3.13. The maximum atomic E-state index is 12.8. The number of amides is 1. The first-order valence-corrected chi connectivity index (χ1v) is 8.02. The molecule has 2 heterocycles. The van der Waals surface area contributed by atoms with Gasteiger partial charge in [0.25, 0.3) is 0 Å². The third-order valence-electron chi connectivity index (χ3n) is 4.61. The largest absolute Gasteiger partial charge is 0.338 e. The molecule has 1 saturated heterocycles. The first-order chi connectivity index (χ1) is 10.6. The van der Waals surface area contributed by atoms with Gasteiger partial charge in [-0.2, -0.15) is 0 Å². The Morgan fingerprint density at radius 3 is 2.45 bits per heavy atom. The number of carbonyl (C=O) groups is 1. The first-order valence-electron chi connectivity index (χ1n) is 8.02. The van der Waals surface area contributed by atoms with Gasteiger partial charge in [-0.3, -0.25) is 9.69 Å². The lowest BCUT2D eigenvalue weighted by Crippen LogP contribution is -2.51. The molecule has 1 atom stereocenters. The number of nitrogens with zero attached hydrogens (tertiary/aromatic N) is 4. The Labute approximate surface area is 131 Å². The number of fused-ring (bicyclic) bond motifs is 1. The van der Waals surface area contributed by atoms with E-state index < -0.39 is 0 Å².